The van der Waals surface area contributed by atoms with Crippen molar-refractivity contribution in [1.29, 1.82) is 5.41 Å². The van der Waals surface area contributed by atoms with Gasteiger partial charge >= 0.3 is 0 Å². The molecule has 0 saturated carbocycles. The molecule has 2 heterocycles. The number of fused-ring (bicyclic) bond motifs is 2. The molecule has 6 nitrogen and oxygen atoms in total. The lowest BCUT2D eigenvalue weighted by molar-refractivity contribution is 0.818. The molecule has 4 rings (SSSR count). The lowest BCUT2D eigenvalue weighted by Gasteiger charge is -2.10. The first-order valence-corrected chi connectivity index (χ1v) is 8.25. The van der Waals surface area contributed by atoms with Crippen molar-refractivity contribution in [3.05, 3.63) is 53.6 Å². The van der Waals surface area contributed by atoms with E-state index in [0.29, 0.717) is 6.54 Å². The molecular weight excluding hydrogens is 300 g/mol. The van der Waals surface area contributed by atoms with Crippen LogP contribution in [0.2, 0.25) is 0 Å². The van der Waals surface area contributed by atoms with Crippen molar-refractivity contribution >= 4 is 22.9 Å². The van der Waals surface area contributed by atoms with Crippen LogP contribution in [0, 0.1) is 5.41 Å². The number of anilines is 2. The van der Waals surface area contributed by atoms with Gasteiger partial charge in [-0.25, -0.2) is 4.98 Å². The fraction of sp³-hybridized carbons (Fsp3) is 0.278. The highest BCUT2D eigenvalue weighted by Crippen LogP contribution is 2.28. The number of aryl methyl sites for hydroxylation is 2. The van der Waals surface area contributed by atoms with Crippen molar-refractivity contribution in [2.45, 2.75) is 25.7 Å². The predicted octanol–water partition coefficient (Wildman–Crippen LogP) is 2.68. The van der Waals surface area contributed by atoms with Gasteiger partial charge in [0.05, 0.1) is 11.9 Å². The fourth-order valence-corrected chi connectivity index (χ4v) is 3.24. The van der Waals surface area contributed by atoms with Gasteiger partial charge in [-0.05, 0) is 55.5 Å². The van der Waals surface area contributed by atoms with E-state index >= 15 is 0 Å². The maximum atomic E-state index is 7.96. The molecule has 1 aromatic carbocycles. The van der Waals surface area contributed by atoms with Crippen LogP contribution in [0.5, 0.6) is 0 Å². The molecule has 0 atom stereocenters. The molecule has 0 unspecified atom stereocenters. The van der Waals surface area contributed by atoms with E-state index in [1.54, 1.807) is 12.4 Å². The minimum Gasteiger partial charge on any atom is -0.340 e. The number of nitrogens with one attached hydrogen (secondary N) is 2. The highest BCUT2D eigenvalue weighted by Gasteiger charge is 2.17. The Morgan fingerprint density at radius 3 is 3.08 bits per heavy atom. The summed E-state index contributed by atoms with van der Waals surface area (Å²) >= 11 is 0. The third-order valence-corrected chi connectivity index (χ3v) is 4.46. The lowest BCUT2D eigenvalue weighted by atomic mass is 10.1. The molecule has 1 aliphatic carbocycles. The van der Waals surface area contributed by atoms with Gasteiger partial charge in [0, 0.05) is 23.8 Å². The minimum atomic E-state index is 0.645. The number of rotatable bonds is 5. The molecule has 24 heavy (non-hydrogen) atoms. The Labute approximate surface area is 140 Å². The van der Waals surface area contributed by atoms with E-state index in [2.05, 4.69) is 21.4 Å². The van der Waals surface area contributed by atoms with Gasteiger partial charge in [-0.3, -0.25) is 9.38 Å². The van der Waals surface area contributed by atoms with Crippen LogP contribution in [0.25, 0.3) is 5.65 Å². The molecule has 0 radical (unpaired) electrons. The maximum Gasteiger partial charge on any atom is 0.157 e. The molecule has 0 aliphatic heterocycles. The van der Waals surface area contributed by atoms with Crippen molar-refractivity contribution < 1.29 is 0 Å². The quantitative estimate of drug-likeness (QED) is 0.674. The zero-order valence-electron chi connectivity index (χ0n) is 13.4. The van der Waals surface area contributed by atoms with Gasteiger partial charge in [0.2, 0.25) is 0 Å². The zero-order valence-corrected chi connectivity index (χ0v) is 13.4. The summed E-state index contributed by atoms with van der Waals surface area (Å²) < 4.78 is 2.02. The van der Waals surface area contributed by atoms with Gasteiger partial charge in [-0.1, -0.05) is 6.07 Å². The highest BCUT2D eigenvalue weighted by atomic mass is 15.1. The van der Waals surface area contributed by atoms with Crippen LogP contribution >= 0.6 is 0 Å². The molecular formula is C18H20N6. The number of aromatic nitrogens is 3. The monoisotopic (exact) mass is 320 g/mol. The molecule has 3 aromatic rings. The van der Waals surface area contributed by atoms with E-state index < -0.39 is 0 Å². The van der Waals surface area contributed by atoms with Crippen LogP contribution in [0.3, 0.4) is 0 Å². The first-order chi connectivity index (χ1) is 11.8. The molecule has 122 valence electrons. The molecule has 4 N–H and O–H groups in total. The number of imidazole rings is 1. The van der Waals surface area contributed by atoms with Crippen molar-refractivity contribution in [1.82, 2.24) is 14.4 Å². The Morgan fingerprint density at radius 2 is 2.21 bits per heavy atom. The second kappa shape index (κ2) is 6.05. The van der Waals surface area contributed by atoms with E-state index in [-0.39, 0.29) is 0 Å². The second-order valence-electron chi connectivity index (χ2n) is 6.08. The molecule has 6 heteroatoms. The zero-order chi connectivity index (χ0) is 16.5. The Bertz CT molecular complexity index is 911. The average Bonchev–Trinajstić information content (AvgIpc) is 3.14. The number of hydrogen-bond acceptors (Lipinski definition) is 5. The molecule has 0 spiro atoms. The largest absolute Gasteiger partial charge is 0.340 e. The molecule has 0 amide bonds. The Balaban J connectivity index is 1.72. The van der Waals surface area contributed by atoms with Crippen molar-refractivity contribution in [3.63, 3.8) is 0 Å². The van der Waals surface area contributed by atoms with Gasteiger partial charge in [0.1, 0.15) is 5.82 Å². The molecule has 0 fully saturated rings. The number of benzene rings is 1. The van der Waals surface area contributed by atoms with Gasteiger partial charge < -0.3 is 16.5 Å². The van der Waals surface area contributed by atoms with E-state index in [9.17, 15) is 0 Å². The van der Waals surface area contributed by atoms with Crippen molar-refractivity contribution in [3.8, 4) is 0 Å². The number of hydrogen-bond donors (Lipinski definition) is 3. The SMILES string of the molecule is N=C1CCc2cc(Nc3c(CCCN)nc4cnccn34)ccc21. The predicted molar refractivity (Wildman–Crippen MR) is 95.2 cm³/mol. The smallest absolute Gasteiger partial charge is 0.157 e. The molecule has 1 aliphatic rings. The van der Waals surface area contributed by atoms with Crippen molar-refractivity contribution in [2.24, 2.45) is 5.73 Å². The summed E-state index contributed by atoms with van der Waals surface area (Å²) in [5.74, 6) is 0.967. The summed E-state index contributed by atoms with van der Waals surface area (Å²) in [7, 11) is 0. The molecule has 0 saturated heterocycles. The first-order valence-electron chi connectivity index (χ1n) is 8.25. The Kier molecular flexibility index (Phi) is 3.74. The number of nitrogens with two attached hydrogens (primary N) is 1. The van der Waals surface area contributed by atoms with Gasteiger partial charge in [0.15, 0.2) is 5.65 Å². The summed E-state index contributed by atoms with van der Waals surface area (Å²) in [6, 6.07) is 6.22. The van der Waals surface area contributed by atoms with Gasteiger partial charge in [0.25, 0.3) is 0 Å². The Morgan fingerprint density at radius 1 is 1.29 bits per heavy atom. The minimum absolute atomic E-state index is 0.645. The van der Waals surface area contributed by atoms with Crippen LogP contribution in [0.4, 0.5) is 11.5 Å². The summed E-state index contributed by atoms with van der Waals surface area (Å²) in [5.41, 5.74) is 11.6. The van der Waals surface area contributed by atoms with Crippen LogP contribution < -0.4 is 11.1 Å². The fourth-order valence-electron chi connectivity index (χ4n) is 3.24. The van der Waals surface area contributed by atoms with E-state index in [1.165, 1.54) is 5.56 Å². The molecule has 2 aromatic heterocycles. The second-order valence-corrected chi connectivity index (χ2v) is 6.08. The summed E-state index contributed by atoms with van der Waals surface area (Å²) in [6.07, 6.45) is 8.95. The number of nitrogens with zero attached hydrogens (tertiary/aromatic N) is 3. The van der Waals surface area contributed by atoms with E-state index in [0.717, 1.165) is 59.8 Å². The Hall–Kier alpha value is -2.73. The van der Waals surface area contributed by atoms with Crippen LogP contribution in [-0.4, -0.2) is 26.6 Å². The normalized spacial score (nSPS) is 13.5. The average molecular weight is 320 g/mol. The first kappa shape index (κ1) is 14.8. The van der Waals surface area contributed by atoms with Crippen molar-refractivity contribution in [2.75, 3.05) is 11.9 Å². The summed E-state index contributed by atoms with van der Waals surface area (Å²) in [6.45, 7) is 0.645. The van der Waals surface area contributed by atoms with Crippen LogP contribution in [0.15, 0.2) is 36.8 Å². The van der Waals surface area contributed by atoms with Crippen LogP contribution in [-0.2, 0) is 12.8 Å². The highest BCUT2D eigenvalue weighted by molar-refractivity contribution is 6.02. The summed E-state index contributed by atoms with van der Waals surface area (Å²) in [4.78, 5) is 8.83. The topological polar surface area (TPSA) is 92.1 Å². The standard InChI is InChI=1S/C18H20N6/c19-7-1-2-16-18(24-9-8-21-11-17(24)23-16)22-13-4-5-14-12(10-13)3-6-15(14)20/h4-5,8-11,20,22H,1-3,6-7,19H2. The maximum absolute atomic E-state index is 7.96. The van der Waals surface area contributed by atoms with Gasteiger partial charge in [-0.2, -0.15) is 0 Å². The van der Waals surface area contributed by atoms with E-state index in [4.69, 9.17) is 11.1 Å². The van der Waals surface area contributed by atoms with Gasteiger partial charge in [-0.15, -0.1) is 0 Å². The van der Waals surface area contributed by atoms with E-state index in [1.807, 2.05) is 22.7 Å². The summed E-state index contributed by atoms with van der Waals surface area (Å²) in [5, 5.41) is 11.5. The third-order valence-electron chi connectivity index (χ3n) is 4.46. The lowest BCUT2D eigenvalue weighted by Crippen LogP contribution is -2.03. The van der Waals surface area contributed by atoms with Crippen LogP contribution in [0.1, 0.15) is 29.7 Å². The third kappa shape index (κ3) is 2.55. The molecule has 0 bridgehead atoms.